The van der Waals surface area contributed by atoms with Crippen LogP contribution < -0.4 is 5.73 Å². The van der Waals surface area contributed by atoms with E-state index in [9.17, 15) is 9.59 Å². The van der Waals surface area contributed by atoms with Crippen LogP contribution in [0.3, 0.4) is 0 Å². The van der Waals surface area contributed by atoms with Gasteiger partial charge in [-0.3, -0.25) is 4.57 Å². The van der Waals surface area contributed by atoms with E-state index in [1.54, 1.807) is 10.9 Å². The zero-order valence-corrected chi connectivity index (χ0v) is 12.4. The van der Waals surface area contributed by atoms with Gasteiger partial charge >= 0.3 is 11.9 Å². The van der Waals surface area contributed by atoms with Crippen LogP contribution in [0.2, 0.25) is 0 Å². The Morgan fingerprint density at radius 1 is 1.33 bits per heavy atom. The summed E-state index contributed by atoms with van der Waals surface area (Å²) in [6, 6.07) is 0. The minimum atomic E-state index is -1.91. The lowest BCUT2D eigenvalue weighted by atomic mass is 10.2. The van der Waals surface area contributed by atoms with Crippen LogP contribution >= 0.6 is 0 Å². The predicted molar refractivity (Wildman–Crippen MR) is 77.9 cm³/mol. The number of carbonyl (C=O) groups is 2. The summed E-state index contributed by atoms with van der Waals surface area (Å²) < 4.78 is 12.4. The zero-order valence-electron chi connectivity index (χ0n) is 12.4. The Labute approximate surface area is 135 Å². The maximum absolute atomic E-state index is 10.8. The van der Waals surface area contributed by atoms with Crippen molar-refractivity contribution >= 4 is 28.9 Å². The molecule has 3 heterocycles. The van der Waals surface area contributed by atoms with Crippen molar-refractivity contribution in [2.45, 2.75) is 31.3 Å². The fraction of sp³-hybridized carbons (Fsp3) is 0.462. The van der Waals surface area contributed by atoms with Gasteiger partial charge in [-0.1, -0.05) is 0 Å². The van der Waals surface area contributed by atoms with E-state index in [0.717, 1.165) is 0 Å². The van der Waals surface area contributed by atoms with Crippen molar-refractivity contribution in [2.24, 2.45) is 0 Å². The monoisotopic (exact) mass is 337 g/mol. The second-order valence-electron chi connectivity index (χ2n) is 5.26. The van der Waals surface area contributed by atoms with Gasteiger partial charge in [0.2, 0.25) is 0 Å². The van der Waals surface area contributed by atoms with Crippen LogP contribution in [0.25, 0.3) is 11.2 Å². The minimum Gasteiger partial charge on any atom is -0.479 e. The van der Waals surface area contributed by atoms with Crippen LogP contribution in [0, 0.1) is 0 Å². The van der Waals surface area contributed by atoms with Crippen LogP contribution in [-0.2, 0) is 19.1 Å². The maximum Gasteiger partial charge on any atom is 0.344 e. The highest BCUT2D eigenvalue weighted by molar-refractivity contribution is 5.96. The van der Waals surface area contributed by atoms with Crippen molar-refractivity contribution in [2.75, 3.05) is 12.3 Å². The molecule has 1 aliphatic rings. The number of nitrogens with zero attached hydrogens (tertiary/aromatic N) is 4. The third-order valence-electron chi connectivity index (χ3n) is 3.68. The molecule has 128 valence electrons. The molecule has 1 aliphatic heterocycles. The first-order chi connectivity index (χ1) is 11.5. The van der Waals surface area contributed by atoms with Crippen molar-refractivity contribution in [3.05, 3.63) is 12.7 Å². The molecule has 3 rings (SSSR count). The summed E-state index contributed by atoms with van der Waals surface area (Å²) in [5.74, 6) is -2.84. The lowest BCUT2D eigenvalue weighted by molar-refractivity contribution is -0.168. The lowest BCUT2D eigenvalue weighted by Gasteiger charge is -2.16. The van der Waals surface area contributed by atoms with Crippen molar-refractivity contribution in [1.29, 1.82) is 0 Å². The molecule has 2 aromatic heterocycles. The number of imidazole rings is 1. The summed E-state index contributed by atoms with van der Waals surface area (Å²) in [4.78, 5) is 33.7. The Kier molecular flexibility index (Phi) is 4.27. The van der Waals surface area contributed by atoms with Gasteiger partial charge < -0.3 is 25.4 Å². The molecular formula is C13H15N5O6. The summed E-state index contributed by atoms with van der Waals surface area (Å²) in [5.41, 5.74) is 6.73. The molecule has 2 aromatic rings. The van der Waals surface area contributed by atoms with Gasteiger partial charge in [-0.2, -0.15) is 0 Å². The Bertz CT molecular complexity index is 763. The quantitative estimate of drug-likeness (QED) is 0.593. The Morgan fingerprint density at radius 2 is 2.08 bits per heavy atom. The van der Waals surface area contributed by atoms with E-state index in [1.807, 2.05) is 0 Å². The Hall–Kier alpha value is -2.79. The third kappa shape index (κ3) is 2.98. The molecule has 0 aromatic carbocycles. The zero-order chi connectivity index (χ0) is 17.3. The molecule has 0 saturated carbocycles. The first-order valence-corrected chi connectivity index (χ1v) is 7.13. The Balaban J connectivity index is 1.66. The first kappa shape index (κ1) is 16.1. The molecule has 0 radical (unpaired) electrons. The number of ether oxygens (including phenoxy) is 2. The van der Waals surface area contributed by atoms with Crippen molar-refractivity contribution in [3.63, 3.8) is 0 Å². The number of hydrogen-bond donors (Lipinski definition) is 3. The number of hydrogen-bond acceptors (Lipinski definition) is 8. The summed E-state index contributed by atoms with van der Waals surface area (Å²) in [5, 5.41) is 17.6. The average molecular weight is 337 g/mol. The molecule has 1 saturated heterocycles. The number of nitrogen functional groups attached to an aromatic ring is 1. The molecule has 4 N–H and O–H groups in total. The molecule has 0 aliphatic carbocycles. The molecule has 11 heteroatoms. The third-order valence-corrected chi connectivity index (χ3v) is 3.68. The van der Waals surface area contributed by atoms with Crippen LogP contribution in [0.5, 0.6) is 0 Å². The van der Waals surface area contributed by atoms with E-state index in [1.165, 1.54) is 6.33 Å². The predicted octanol–water partition coefficient (Wildman–Crippen LogP) is -0.359. The minimum absolute atomic E-state index is 0.135. The number of fused-ring (bicyclic) bond motifs is 1. The normalized spacial score (nSPS) is 20.7. The van der Waals surface area contributed by atoms with Crippen LogP contribution in [-0.4, -0.2) is 60.5 Å². The van der Waals surface area contributed by atoms with Gasteiger partial charge in [-0.15, -0.1) is 0 Å². The number of anilines is 1. The van der Waals surface area contributed by atoms with E-state index >= 15 is 0 Å². The Morgan fingerprint density at radius 3 is 2.79 bits per heavy atom. The van der Waals surface area contributed by atoms with E-state index < -0.39 is 24.1 Å². The number of carboxylic acid groups (broad SMARTS) is 2. The topological polar surface area (TPSA) is 163 Å². The van der Waals surface area contributed by atoms with Crippen LogP contribution in [0.4, 0.5) is 5.82 Å². The van der Waals surface area contributed by atoms with E-state index in [0.29, 0.717) is 24.0 Å². The number of aliphatic carboxylic acids is 2. The SMILES string of the molecule is Nc1ncnc2c1ncn2[C@H]1CC[C@@H](COC(C(=O)O)C(=O)O)O1. The molecule has 0 unspecified atom stereocenters. The molecule has 0 spiro atoms. The second-order valence-corrected chi connectivity index (χ2v) is 5.26. The molecular weight excluding hydrogens is 322 g/mol. The second kappa shape index (κ2) is 6.37. The highest BCUT2D eigenvalue weighted by atomic mass is 16.6. The standard InChI is InChI=1S/C13H15N5O6/c14-10-8-11(16-4-15-10)18(5-17-8)7-2-1-6(24-7)3-23-9(12(19)20)13(21)22/h4-7,9H,1-3H2,(H,19,20)(H,21,22)(H2,14,15,16)/t6-,7+/m0/s1. The molecule has 0 amide bonds. The molecule has 1 fully saturated rings. The van der Waals surface area contributed by atoms with Gasteiger partial charge in [-0.05, 0) is 12.8 Å². The van der Waals surface area contributed by atoms with Gasteiger partial charge in [0.1, 0.15) is 18.1 Å². The lowest BCUT2D eigenvalue weighted by Crippen LogP contribution is -2.35. The molecule has 2 atom stereocenters. The van der Waals surface area contributed by atoms with Crippen LogP contribution in [0.1, 0.15) is 19.1 Å². The first-order valence-electron chi connectivity index (χ1n) is 7.13. The van der Waals surface area contributed by atoms with Crippen molar-refractivity contribution in [1.82, 2.24) is 19.5 Å². The maximum atomic E-state index is 10.8. The van der Waals surface area contributed by atoms with Gasteiger partial charge in [0.15, 0.2) is 11.5 Å². The number of rotatable bonds is 6. The van der Waals surface area contributed by atoms with Crippen LogP contribution in [0.15, 0.2) is 12.7 Å². The summed E-state index contributed by atoms with van der Waals surface area (Å²) in [7, 11) is 0. The van der Waals surface area contributed by atoms with Gasteiger partial charge in [0.05, 0.1) is 19.0 Å². The summed E-state index contributed by atoms with van der Waals surface area (Å²) >= 11 is 0. The smallest absolute Gasteiger partial charge is 0.344 e. The number of nitrogens with two attached hydrogens (primary N) is 1. The number of carboxylic acids is 2. The molecule has 0 bridgehead atoms. The van der Waals surface area contributed by atoms with Gasteiger partial charge in [0, 0.05) is 0 Å². The molecule has 24 heavy (non-hydrogen) atoms. The van der Waals surface area contributed by atoms with Gasteiger partial charge in [-0.25, -0.2) is 24.5 Å². The average Bonchev–Trinajstić information content (AvgIpc) is 3.13. The van der Waals surface area contributed by atoms with Crippen molar-refractivity contribution < 1.29 is 29.3 Å². The summed E-state index contributed by atoms with van der Waals surface area (Å²) in [6.07, 6.45) is 1.37. The summed E-state index contributed by atoms with van der Waals surface area (Å²) in [6.45, 7) is -0.135. The van der Waals surface area contributed by atoms with Gasteiger partial charge in [0.25, 0.3) is 6.10 Å². The fourth-order valence-electron chi connectivity index (χ4n) is 2.55. The molecule has 11 nitrogen and oxygen atoms in total. The van der Waals surface area contributed by atoms with E-state index in [4.69, 9.17) is 25.4 Å². The highest BCUT2D eigenvalue weighted by Gasteiger charge is 2.32. The van der Waals surface area contributed by atoms with Crippen molar-refractivity contribution in [3.8, 4) is 0 Å². The highest BCUT2D eigenvalue weighted by Crippen LogP contribution is 2.31. The van der Waals surface area contributed by atoms with E-state index in [-0.39, 0.29) is 18.7 Å². The fourth-order valence-corrected chi connectivity index (χ4v) is 2.55. The number of aromatic nitrogens is 4. The largest absolute Gasteiger partial charge is 0.479 e. The van der Waals surface area contributed by atoms with E-state index in [2.05, 4.69) is 15.0 Å².